The van der Waals surface area contributed by atoms with Crippen molar-refractivity contribution < 1.29 is 19.9 Å². The summed E-state index contributed by atoms with van der Waals surface area (Å²) in [6.07, 6.45) is 0. The highest BCUT2D eigenvalue weighted by atomic mass is 16.5. The molecule has 0 aliphatic heterocycles. The van der Waals surface area contributed by atoms with Crippen molar-refractivity contribution in [1.29, 1.82) is 0 Å². The van der Waals surface area contributed by atoms with E-state index >= 15 is 0 Å². The van der Waals surface area contributed by atoms with Crippen molar-refractivity contribution in [2.24, 2.45) is 10.3 Å². The van der Waals surface area contributed by atoms with E-state index in [-0.39, 0.29) is 11.4 Å². The Morgan fingerprint density at radius 1 is 0.500 bits per heavy atom. The van der Waals surface area contributed by atoms with Crippen molar-refractivity contribution in [3.8, 4) is 11.5 Å². The average molecular weight is 453 g/mol. The highest BCUT2D eigenvalue weighted by Crippen LogP contribution is 2.26. The van der Waals surface area contributed by atoms with Crippen molar-refractivity contribution in [1.82, 2.24) is 0 Å². The third-order valence-electron chi connectivity index (χ3n) is 5.18. The molecular weight excluding hydrogens is 428 g/mol. The molecule has 0 saturated heterocycles. The van der Waals surface area contributed by atoms with Crippen molar-refractivity contribution in [3.05, 3.63) is 131 Å². The number of benzene rings is 4. The van der Waals surface area contributed by atoms with E-state index in [1.54, 1.807) is 36.4 Å². The summed E-state index contributed by atoms with van der Waals surface area (Å²) in [5, 5.41) is 26.8. The van der Waals surface area contributed by atoms with Gasteiger partial charge in [0, 0.05) is 11.1 Å². The minimum Gasteiger partial charge on any atom is -0.488 e. The van der Waals surface area contributed by atoms with Crippen LogP contribution in [0.2, 0.25) is 0 Å². The first kappa shape index (κ1) is 22.6. The quantitative estimate of drug-likeness (QED) is 0.188. The summed E-state index contributed by atoms with van der Waals surface area (Å²) in [4.78, 5) is 0. The Morgan fingerprint density at radius 2 is 0.853 bits per heavy atom. The van der Waals surface area contributed by atoms with Crippen LogP contribution in [0.15, 0.2) is 120 Å². The molecule has 170 valence electrons. The van der Waals surface area contributed by atoms with Gasteiger partial charge in [-0.25, -0.2) is 0 Å². The predicted molar refractivity (Wildman–Crippen MR) is 131 cm³/mol. The highest BCUT2D eigenvalue weighted by molar-refractivity contribution is 6.54. The van der Waals surface area contributed by atoms with Gasteiger partial charge >= 0.3 is 0 Å². The third kappa shape index (κ3) is 5.42. The van der Waals surface area contributed by atoms with E-state index in [0.29, 0.717) is 35.8 Å². The van der Waals surface area contributed by atoms with Crippen LogP contribution >= 0.6 is 0 Å². The number of ether oxygens (including phenoxy) is 2. The fourth-order valence-corrected chi connectivity index (χ4v) is 3.50. The van der Waals surface area contributed by atoms with Crippen LogP contribution in [0.5, 0.6) is 11.5 Å². The monoisotopic (exact) mass is 452 g/mol. The van der Waals surface area contributed by atoms with Crippen molar-refractivity contribution in [3.63, 3.8) is 0 Å². The van der Waals surface area contributed by atoms with E-state index in [1.165, 1.54) is 0 Å². The first-order chi connectivity index (χ1) is 16.8. The highest BCUT2D eigenvalue weighted by Gasteiger charge is 2.22. The average Bonchev–Trinajstić information content (AvgIpc) is 2.91. The van der Waals surface area contributed by atoms with Crippen LogP contribution in [0.25, 0.3) is 0 Å². The predicted octanol–water partition coefficient (Wildman–Crippen LogP) is 5.90. The lowest BCUT2D eigenvalue weighted by atomic mass is 9.98. The second-order valence-electron chi connectivity index (χ2n) is 7.44. The van der Waals surface area contributed by atoms with E-state index < -0.39 is 0 Å². The summed E-state index contributed by atoms with van der Waals surface area (Å²) in [5.41, 5.74) is 3.06. The number of hydrogen-bond acceptors (Lipinski definition) is 6. The molecular formula is C28H24N2O4. The molecule has 0 fully saturated rings. The topological polar surface area (TPSA) is 83.6 Å². The zero-order valence-electron chi connectivity index (χ0n) is 18.4. The molecule has 0 amide bonds. The Labute approximate surface area is 198 Å². The molecule has 0 heterocycles. The van der Waals surface area contributed by atoms with Crippen LogP contribution < -0.4 is 9.47 Å². The van der Waals surface area contributed by atoms with Crippen molar-refractivity contribution in [2.75, 3.05) is 0 Å². The molecule has 34 heavy (non-hydrogen) atoms. The Bertz CT molecular complexity index is 1170. The molecule has 4 rings (SSSR count). The van der Waals surface area contributed by atoms with Gasteiger partial charge in [-0.2, -0.15) is 0 Å². The molecule has 4 aromatic carbocycles. The lowest BCUT2D eigenvalue weighted by Crippen LogP contribution is -2.19. The van der Waals surface area contributed by atoms with Crippen LogP contribution in [0.3, 0.4) is 0 Å². The lowest BCUT2D eigenvalue weighted by Gasteiger charge is -2.16. The maximum atomic E-state index is 9.95. The van der Waals surface area contributed by atoms with Gasteiger partial charge in [0.15, 0.2) is 0 Å². The van der Waals surface area contributed by atoms with Gasteiger partial charge in [-0.3, -0.25) is 0 Å². The number of para-hydroxylation sites is 2. The second kappa shape index (κ2) is 11.3. The van der Waals surface area contributed by atoms with Crippen LogP contribution in [0.1, 0.15) is 22.3 Å². The first-order valence-electron chi connectivity index (χ1n) is 10.8. The van der Waals surface area contributed by atoms with Crippen LogP contribution in [-0.4, -0.2) is 21.8 Å². The molecule has 0 aliphatic rings. The third-order valence-corrected chi connectivity index (χ3v) is 5.18. The Balaban J connectivity index is 1.62. The van der Waals surface area contributed by atoms with E-state index in [2.05, 4.69) is 10.3 Å². The van der Waals surface area contributed by atoms with Gasteiger partial charge in [-0.1, -0.05) is 95.2 Å². The Hall–Kier alpha value is -4.58. The fourth-order valence-electron chi connectivity index (χ4n) is 3.50. The number of nitrogens with zero attached hydrogens (tertiary/aromatic N) is 2. The van der Waals surface area contributed by atoms with E-state index in [1.807, 2.05) is 72.8 Å². The largest absolute Gasteiger partial charge is 0.488 e. The van der Waals surface area contributed by atoms with Gasteiger partial charge < -0.3 is 19.9 Å². The summed E-state index contributed by atoms with van der Waals surface area (Å²) in [5.74, 6) is 0.978. The molecule has 0 saturated carbocycles. The molecule has 0 aromatic heterocycles. The zero-order chi connectivity index (χ0) is 23.6. The van der Waals surface area contributed by atoms with Crippen molar-refractivity contribution >= 4 is 11.4 Å². The maximum Gasteiger partial charge on any atom is 0.143 e. The van der Waals surface area contributed by atoms with Gasteiger partial charge in [-0.05, 0) is 35.4 Å². The molecule has 0 atom stereocenters. The van der Waals surface area contributed by atoms with Gasteiger partial charge in [0.25, 0.3) is 0 Å². The molecule has 0 aliphatic carbocycles. The van der Waals surface area contributed by atoms with Gasteiger partial charge in [-0.15, -0.1) is 0 Å². The van der Waals surface area contributed by atoms with E-state index in [0.717, 1.165) is 11.1 Å². The minimum atomic E-state index is 0.0573. The minimum absolute atomic E-state index is 0.0573. The second-order valence-corrected chi connectivity index (χ2v) is 7.44. The summed E-state index contributed by atoms with van der Waals surface area (Å²) in [7, 11) is 0. The van der Waals surface area contributed by atoms with Gasteiger partial charge in [0.2, 0.25) is 0 Å². The smallest absolute Gasteiger partial charge is 0.143 e. The van der Waals surface area contributed by atoms with Gasteiger partial charge in [0.05, 0.1) is 0 Å². The Kier molecular flexibility index (Phi) is 7.54. The van der Waals surface area contributed by atoms with Gasteiger partial charge in [0.1, 0.15) is 36.1 Å². The standard InChI is InChI=1S/C28H24N2O4/c31-29-27(23-15-7-9-17-25(23)33-19-21-11-3-1-4-12-21)28(30-32)24-16-8-10-18-26(24)34-20-22-13-5-2-6-14-22/h1-18,31-32H,19-20H2. The number of hydrogen-bond donors (Lipinski definition) is 2. The first-order valence-corrected chi connectivity index (χ1v) is 10.8. The summed E-state index contributed by atoms with van der Waals surface area (Å²) >= 11 is 0. The summed E-state index contributed by atoms with van der Waals surface area (Å²) in [6, 6.07) is 33.8. The molecule has 6 heteroatoms. The maximum absolute atomic E-state index is 9.95. The lowest BCUT2D eigenvalue weighted by molar-refractivity contribution is 0.301. The molecule has 0 spiro atoms. The molecule has 0 radical (unpaired) electrons. The molecule has 6 nitrogen and oxygen atoms in total. The van der Waals surface area contributed by atoms with E-state index in [4.69, 9.17) is 9.47 Å². The number of rotatable bonds is 9. The number of oxime groups is 2. The SMILES string of the molecule is ON=C(C(=NO)c1ccccc1OCc1ccccc1)c1ccccc1OCc1ccccc1. The summed E-state index contributed by atoms with van der Waals surface area (Å²) in [6.45, 7) is 0.665. The van der Waals surface area contributed by atoms with Crippen LogP contribution in [0, 0.1) is 0 Å². The molecule has 0 unspecified atom stereocenters. The molecule has 2 N–H and O–H groups in total. The molecule has 0 bridgehead atoms. The Morgan fingerprint density at radius 3 is 1.24 bits per heavy atom. The zero-order valence-corrected chi connectivity index (χ0v) is 18.4. The fraction of sp³-hybridized carbons (Fsp3) is 0.0714. The summed E-state index contributed by atoms with van der Waals surface area (Å²) < 4.78 is 12.0. The van der Waals surface area contributed by atoms with E-state index in [9.17, 15) is 10.4 Å². The van der Waals surface area contributed by atoms with Crippen molar-refractivity contribution in [2.45, 2.75) is 13.2 Å². The normalized spacial score (nSPS) is 11.8. The molecule has 4 aromatic rings. The van der Waals surface area contributed by atoms with Crippen LogP contribution in [0.4, 0.5) is 0 Å². The van der Waals surface area contributed by atoms with Crippen LogP contribution in [-0.2, 0) is 13.2 Å².